The number of furan rings is 1. The minimum absolute atomic E-state index is 0.813. The van der Waals surface area contributed by atoms with Gasteiger partial charge in [0.2, 0.25) is 0 Å². The molecule has 0 aliphatic rings. The fourth-order valence-corrected chi connectivity index (χ4v) is 11.5. The number of hydrogen-bond acceptors (Lipinski definition) is 7. The molecule has 8 aromatic carbocycles. The van der Waals surface area contributed by atoms with Crippen LogP contribution in [0.4, 0.5) is 0 Å². The predicted octanol–water partition coefficient (Wildman–Crippen LogP) is 15.5. The van der Waals surface area contributed by atoms with Gasteiger partial charge in [0, 0.05) is 43.8 Å². The molecular weight excluding hydrogens is 785 g/mol. The van der Waals surface area contributed by atoms with Crippen LogP contribution >= 0.6 is 22.7 Å². The zero-order chi connectivity index (χ0) is 40.3. The van der Waals surface area contributed by atoms with Crippen LogP contribution in [0.15, 0.2) is 162 Å². The van der Waals surface area contributed by atoms with Crippen molar-refractivity contribution in [2.45, 2.75) is 13.8 Å². The summed E-state index contributed by atoms with van der Waals surface area (Å²) in [7, 11) is 0. The van der Waals surface area contributed by atoms with E-state index in [0.29, 0.717) is 0 Å². The first-order chi connectivity index (χ1) is 30.1. The second kappa shape index (κ2) is 13.1. The summed E-state index contributed by atoms with van der Waals surface area (Å²) in [6.07, 6.45) is 1.82. The molecule has 5 aromatic heterocycles. The van der Waals surface area contributed by atoms with Crippen molar-refractivity contribution in [1.82, 2.24) is 19.9 Å². The third kappa shape index (κ3) is 5.11. The molecule has 0 amide bonds. The molecule has 0 saturated carbocycles. The number of fused-ring (bicyclic) bond motifs is 12. The van der Waals surface area contributed by atoms with Gasteiger partial charge in [0.1, 0.15) is 5.76 Å². The molecule has 7 heteroatoms. The topological polar surface area (TPSA) is 64.7 Å². The van der Waals surface area contributed by atoms with Gasteiger partial charge in [-0.2, -0.15) is 0 Å². The summed E-state index contributed by atoms with van der Waals surface area (Å²) in [5, 5.41) is 4.48. The first kappa shape index (κ1) is 34.5. The molecule has 5 nitrogen and oxygen atoms in total. The molecule has 13 rings (SSSR count). The Bertz CT molecular complexity index is 3730. The summed E-state index contributed by atoms with van der Waals surface area (Å²) in [5.41, 5.74) is 17.7. The van der Waals surface area contributed by atoms with E-state index >= 15 is 0 Å². The Hall–Kier alpha value is -7.32. The molecule has 5 heterocycles. The van der Waals surface area contributed by atoms with Crippen molar-refractivity contribution in [3.8, 4) is 44.7 Å². The van der Waals surface area contributed by atoms with Crippen LogP contribution in [0.1, 0.15) is 11.1 Å². The molecule has 0 atom stereocenters. The van der Waals surface area contributed by atoms with E-state index in [0.717, 1.165) is 140 Å². The second-order valence-electron chi connectivity index (χ2n) is 15.8. The van der Waals surface area contributed by atoms with E-state index in [1.54, 1.807) is 22.7 Å². The van der Waals surface area contributed by atoms with E-state index in [9.17, 15) is 0 Å². The molecule has 13 aromatic rings. The number of benzene rings is 8. The summed E-state index contributed by atoms with van der Waals surface area (Å²) in [4.78, 5) is 21.0. The van der Waals surface area contributed by atoms with Crippen molar-refractivity contribution in [2.24, 2.45) is 0 Å². The Balaban J connectivity index is 1.02. The third-order valence-corrected chi connectivity index (χ3v) is 14.4. The van der Waals surface area contributed by atoms with Crippen LogP contribution in [0.25, 0.3) is 129 Å². The van der Waals surface area contributed by atoms with E-state index in [4.69, 9.17) is 24.4 Å². The smallest absolute Gasteiger partial charge is 0.142 e. The van der Waals surface area contributed by atoms with E-state index in [1.165, 1.54) is 0 Å². The lowest BCUT2D eigenvalue weighted by atomic mass is 9.88. The quantitative estimate of drug-likeness (QED) is 0.166. The van der Waals surface area contributed by atoms with Gasteiger partial charge in [-0.25, -0.2) is 19.9 Å². The number of para-hydroxylation sites is 2. The predicted molar refractivity (Wildman–Crippen MR) is 257 cm³/mol. The lowest BCUT2D eigenvalue weighted by molar-refractivity contribution is 0.583. The Morgan fingerprint density at radius 1 is 0.361 bits per heavy atom. The van der Waals surface area contributed by atoms with Crippen LogP contribution in [-0.4, -0.2) is 19.9 Å². The monoisotopic (exact) mass is 816 g/mol. The van der Waals surface area contributed by atoms with Gasteiger partial charge in [0.25, 0.3) is 0 Å². The van der Waals surface area contributed by atoms with E-state index in [1.807, 2.05) is 18.4 Å². The van der Waals surface area contributed by atoms with Crippen LogP contribution in [-0.2, 0) is 0 Å². The Morgan fingerprint density at radius 2 is 0.803 bits per heavy atom. The maximum atomic E-state index is 6.58. The highest BCUT2D eigenvalue weighted by Crippen LogP contribution is 2.47. The molecule has 0 saturated heterocycles. The summed E-state index contributed by atoms with van der Waals surface area (Å²) < 4.78 is 11.1. The number of aryl methyl sites for hydroxylation is 2. The minimum atomic E-state index is 0.813. The molecular formula is C54H32N4OS2. The number of rotatable bonds is 4. The molecule has 0 spiro atoms. The van der Waals surface area contributed by atoms with Gasteiger partial charge >= 0.3 is 0 Å². The molecule has 0 N–H and O–H groups in total. The maximum Gasteiger partial charge on any atom is 0.142 e. The number of aromatic nitrogens is 4. The molecule has 0 bridgehead atoms. The summed E-state index contributed by atoms with van der Waals surface area (Å²) >= 11 is 3.57. The van der Waals surface area contributed by atoms with Crippen LogP contribution in [0.2, 0.25) is 0 Å². The normalized spacial score (nSPS) is 12.1. The number of hydrogen-bond donors (Lipinski definition) is 0. The van der Waals surface area contributed by atoms with Crippen molar-refractivity contribution in [1.29, 1.82) is 0 Å². The van der Waals surface area contributed by atoms with E-state index in [2.05, 4.69) is 153 Å². The average molecular weight is 817 g/mol. The lowest BCUT2D eigenvalue weighted by Crippen LogP contribution is -1.94. The van der Waals surface area contributed by atoms with Gasteiger partial charge in [0.15, 0.2) is 0 Å². The van der Waals surface area contributed by atoms with Crippen molar-refractivity contribution in [3.63, 3.8) is 0 Å². The summed E-state index contributed by atoms with van der Waals surface area (Å²) in [6.45, 7) is 4.38. The van der Waals surface area contributed by atoms with Crippen molar-refractivity contribution in [2.75, 3.05) is 0 Å². The standard InChI is InChI=1S/C54H32N4OS2/c1-29-19-23-42-50(57-52-44(60-42)25-21-40-48(52)36-15-7-9-17-38(36)55-40)46(29)32-12-4-3-11-31(32)35-27-28-59-54(35)34-14-6-5-13-33(34)47-30(2)20-24-43-51(47)58-53-45(61-43)26-22-41-49(53)37-16-8-10-18-39(37)56-41/h3-28H,1-2H3. The largest absolute Gasteiger partial charge is 0.464 e. The Morgan fingerprint density at radius 3 is 1.36 bits per heavy atom. The fraction of sp³-hybridized carbons (Fsp3) is 0.0370. The van der Waals surface area contributed by atoms with Crippen LogP contribution in [0, 0.1) is 13.8 Å². The average Bonchev–Trinajstić information content (AvgIpc) is 4.04. The SMILES string of the molecule is Cc1ccc2sc3ccc4nc5ccccc5c4c3nc2c1-c1ccccc1-c1ccoc1-c1ccccc1-c1c(C)ccc2sc3ccc4nc5ccccc5c4c3nc12. The van der Waals surface area contributed by atoms with Crippen LogP contribution in [0.3, 0.4) is 0 Å². The van der Waals surface area contributed by atoms with Gasteiger partial charge in [-0.15, -0.1) is 22.7 Å². The van der Waals surface area contributed by atoms with Gasteiger partial charge in [-0.3, -0.25) is 0 Å². The first-order valence-corrected chi connectivity index (χ1v) is 22.0. The summed E-state index contributed by atoms with van der Waals surface area (Å²) in [5.74, 6) is 0.813. The van der Waals surface area contributed by atoms with Gasteiger partial charge in [0.05, 0.1) is 69.2 Å². The third-order valence-electron chi connectivity index (χ3n) is 12.2. The lowest BCUT2D eigenvalue weighted by Gasteiger charge is -2.17. The second-order valence-corrected chi connectivity index (χ2v) is 17.9. The highest BCUT2D eigenvalue weighted by atomic mass is 32.1. The van der Waals surface area contributed by atoms with E-state index in [-0.39, 0.29) is 0 Å². The van der Waals surface area contributed by atoms with Gasteiger partial charge < -0.3 is 4.42 Å². The maximum absolute atomic E-state index is 6.58. The Labute approximate surface area is 357 Å². The van der Waals surface area contributed by atoms with Gasteiger partial charge in [-0.1, -0.05) is 97.1 Å². The van der Waals surface area contributed by atoms with Crippen LogP contribution < -0.4 is 0 Å². The minimum Gasteiger partial charge on any atom is -0.464 e. The molecule has 286 valence electrons. The van der Waals surface area contributed by atoms with Crippen molar-refractivity contribution < 1.29 is 4.42 Å². The Kier molecular flexibility index (Phi) is 7.41. The molecule has 0 radical (unpaired) electrons. The fourth-order valence-electron chi connectivity index (χ4n) is 9.49. The first-order valence-electron chi connectivity index (χ1n) is 20.4. The number of nitrogens with zero attached hydrogens (tertiary/aromatic N) is 4. The molecule has 0 fully saturated rings. The van der Waals surface area contributed by atoms with Crippen molar-refractivity contribution in [3.05, 3.63) is 169 Å². The van der Waals surface area contributed by atoms with Gasteiger partial charge in [-0.05, 0) is 96.3 Å². The molecule has 0 aliphatic heterocycles. The highest BCUT2D eigenvalue weighted by molar-refractivity contribution is 7.25. The van der Waals surface area contributed by atoms with Crippen LogP contribution in [0.5, 0.6) is 0 Å². The molecule has 0 unspecified atom stereocenters. The molecule has 0 aliphatic carbocycles. The zero-order valence-corrected chi connectivity index (χ0v) is 34.7. The summed E-state index contributed by atoms with van der Waals surface area (Å²) in [6, 6.07) is 53.6. The van der Waals surface area contributed by atoms with E-state index < -0.39 is 0 Å². The van der Waals surface area contributed by atoms with Crippen molar-refractivity contribution >= 4 is 107 Å². The molecule has 61 heavy (non-hydrogen) atoms. The highest BCUT2D eigenvalue weighted by Gasteiger charge is 2.23. The zero-order valence-electron chi connectivity index (χ0n) is 33.0.